The summed E-state index contributed by atoms with van der Waals surface area (Å²) in [5.41, 5.74) is -0.494. The molecule has 7 nitrogen and oxygen atoms in total. The van der Waals surface area contributed by atoms with E-state index in [1.807, 2.05) is 0 Å². The van der Waals surface area contributed by atoms with E-state index in [0.29, 0.717) is 0 Å². The number of piperazine rings is 1. The molecule has 1 atom stereocenters. The van der Waals surface area contributed by atoms with Crippen LogP contribution in [0.5, 0.6) is 0 Å². The first-order chi connectivity index (χ1) is 8.20. The van der Waals surface area contributed by atoms with Gasteiger partial charge in [-0.1, -0.05) is 0 Å². The van der Waals surface area contributed by atoms with Gasteiger partial charge in [0.15, 0.2) is 0 Å². The van der Waals surface area contributed by atoms with Crippen molar-refractivity contribution < 1.29 is 24.2 Å². The molecule has 1 rings (SSSR count). The number of rotatable bonds is 3. The maximum absolute atomic E-state index is 11.9. The normalized spacial score (nSPS) is 20.5. The maximum Gasteiger partial charge on any atom is 0.328 e. The van der Waals surface area contributed by atoms with E-state index in [4.69, 9.17) is 9.84 Å². The van der Waals surface area contributed by atoms with Crippen molar-refractivity contribution in [3.05, 3.63) is 0 Å². The van der Waals surface area contributed by atoms with Gasteiger partial charge < -0.3 is 20.1 Å². The van der Waals surface area contributed by atoms with Crippen molar-refractivity contribution in [3.63, 3.8) is 0 Å². The summed E-state index contributed by atoms with van der Waals surface area (Å²) in [6, 6.07) is -1.03. The number of carbonyl (C=O) groups excluding carboxylic acids is 2. The average molecular weight is 258 g/mol. The Morgan fingerprint density at radius 2 is 2.11 bits per heavy atom. The number of carboxylic acid groups (broad SMARTS) is 1. The average Bonchev–Trinajstić information content (AvgIpc) is 2.24. The predicted octanol–water partition coefficient (Wildman–Crippen LogP) is -0.787. The molecule has 0 spiro atoms. The number of amides is 2. The van der Waals surface area contributed by atoms with Crippen molar-refractivity contribution >= 4 is 17.8 Å². The highest BCUT2D eigenvalue weighted by Crippen LogP contribution is 2.10. The van der Waals surface area contributed by atoms with Crippen LogP contribution >= 0.6 is 0 Å². The largest absolute Gasteiger partial charge is 0.480 e. The maximum atomic E-state index is 11.9. The van der Waals surface area contributed by atoms with Gasteiger partial charge in [-0.3, -0.25) is 9.59 Å². The van der Waals surface area contributed by atoms with Crippen LogP contribution in [0.25, 0.3) is 0 Å². The molecule has 102 valence electrons. The molecule has 0 bridgehead atoms. The van der Waals surface area contributed by atoms with Crippen LogP contribution in [-0.4, -0.2) is 59.1 Å². The molecule has 1 heterocycles. The Balaban J connectivity index is 2.67. The van der Waals surface area contributed by atoms with Gasteiger partial charge in [-0.15, -0.1) is 0 Å². The number of hydrogen-bond donors (Lipinski definition) is 2. The predicted molar refractivity (Wildman–Crippen MR) is 61.9 cm³/mol. The Morgan fingerprint density at radius 3 is 2.61 bits per heavy atom. The van der Waals surface area contributed by atoms with Gasteiger partial charge in [0.1, 0.15) is 19.2 Å². The summed E-state index contributed by atoms with van der Waals surface area (Å²) in [7, 11) is 0. The molecule has 7 heteroatoms. The van der Waals surface area contributed by atoms with Gasteiger partial charge >= 0.3 is 5.97 Å². The Hall–Kier alpha value is -1.63. The van der Waals surface area contributed by atoms with Crippen LogP contribution in [0.1, 0.15) is 20.8 Å². The Kier molecular flexibility index (Phi) is 4.28. The lowest BCUT2D eigenvalue weighted by Crippen LogP contribution is -2.60. The summed E-state index contributed by atoms with van der Waals surface area (Å²) in [5, 5.41) is 11.4. The van der Waals surface area contributed by atoms with E-state index in [1.165, 1.54) is 0 Å². The van der Waals surface area contributed by atoms with Gasteiger partial charge in [0.2, 0.25) is 11.8 Å². The lowest BCUT2D eigenvalue weighted by Gasteiger charge is -2.33. The molecule has 1 unspecified atom stereocenters. The summed E-state index contributed by atoms with van der Waals surface area (Å²) >= 11 is 0. The lowest BCUT2D eigenvalue weighted by molar-refractivity contribution is -0.158. The number of nitrogens with zero attached hydrogens (tertiary/aromatic N) is 1. The summed E-state index contributed by atoms with van der Waals surface area (Å²) in [4.78, 5) is 35.1. The molecule has 0 aromatic rings. The van der Waals surface area contributed by atoms with Crippen molar-refractivity contribution in [1.29, 1.82) is 0 Å². The fourth-order valence-corrected chi connectivity index (χ4v) is 1.49. The molecule has 0 aromatic heterocycles. The number of ether oxygens (including phenoxy) is 1. The van der Waals surface area contributed by atoms with Gasteiger partial charge in [0, 0.05) is 6.54 Å². The van der Waals surface area contributed by atoms with Gasteiger partial charge in [0.25, 0.3) is 0 Å². The second kappa shape index (κ2) is 5.34. The third-order valence-electron chi connectivity index (χ3n) is 2.42. The Morgan fingerprint density at radius 1 is 1.50 bits per heavy atom. The quantitative estimate of drug-likeness (QED) is 0.692. The number of carbonyl (C=O) groups is 3. The first kappa shape index (κ1) is 14.4. The third-order valence-corrected chi connectivity index (χ3v) is 2.42. The molecular weight excluding hydrogens is 240 g/mol. The van der Waals surface area contributed by atoms with Gasteiger partial charge in [-0.25, -0.2) is 4.79 Å². The van der Waals surface area contributed by atoms with Crippen molar-refractivity contribution in [2.75, 3.05) is 19.7 Å². The SMILES string of the molecule is CC(C)(C)OCC(=O)N1CC(=O)NCC1C(=O)O. The van der Waals surface area contributed by atoms with Crippen molar-refractivity contribution in [2.45, 2.75) is 32.4 Å². The molecule has 0 aliphatic carbocycles. The molecule has 0 saturated carbocycles. The molecule has 2 N–H and O–H groups in total. The van der Waals surface area contributed by atoms with E-state index in [0.717, 1.165) is 4.90 Å². The molecule has 1 aliphatic heterocycles. The fraction of sp³-hybridized carbons (Fsp3) is 0.727. The lowest BCUT2D eigenvalue weighted by atomic mass is 10.2. The summed E-state index contributed by atoms with van der Waals surface area (Å²) in [6.07, 6.45) is 0. The zero-order chi connectivity index (χ0) is 13.9. The second-order valence-corrected chi connectivity index (χ2v) is 5.08. The first-order valence-corrected chi connectivity index (χ1v) is 5.63. The van der Waals surface area contributed by atoms with Crippen LogP contribution in [0.15, 0.2) is 0 Å². The minimum absolute atomic E-state index is 0.0740. The van der Waals surface area contributed by atoms with Crippen molar-refractivity contribution in [3.8, 4) is 0 Å². The standard InChI is InChI=1S/C11H18N2O5/c1-11(2,3)18-6-9(15)13-5-8(14)12-4-7(13)10(16)17/h7H,4-6H2,1-3H3,(H,12,14)(H,16,17). The molecular formula is C11H18N2O5. The summed E-state index contributed by atoms with van der Waals surface area (Å²) in [5.74, 6) is -2.00. The molecule has 18 heavy (non-hydrogen) atoms. The molecule has 1 aliphatic rings. The third kappa shape index (κ3) is 3.99. The molecule has 1 saturated heterocycles. The van der Waals surface area contributed by atoms with Crippen molar-refractivity contribution in [1.82, 2.24) is 10.2 Å². The second-order valence-electron chi connectivity index (χ2n) is 5.08. The highest BCUT2D eigenvalue weighted by molar-refractivity contribution is 5.91. The van der Waals surface area contributed by atoms with Crippen LogP contribution in [0, 0.1) is 0 Å². The van der Waals surface area contributed by atoms with E-state index >= 15 is 0 Å². The molecule has 1 fully saturated rings. The minimum atomic E-state index is -1.14. The zero-order valence-corrected chi connectivity index (χ0v) is 10.7. The van der Waals surface area contributed by atoms with E-state index in [-0.39, 0.29) is 25.6 Å². The highest BCUT2D eigenvalue weighted by Gasteiger charge is 2.35. The molecule has 2 amide bonds. The summed E-state index contributed by atoms with van der Waals surface area (Å²) in [6.45, 7) is 4.81. The van der Waals surface area contributed by atoms with Gasteiger partial charge in [0.05, 0.1) is 5.60 Å². The number of nitrogens with one attached hydrogen (secondary N) is 1. The summed E-state index contributed by atoms with van der Waals surface area (Å²) < 4.78 is 5.29. The van der Waals surface area contributed by atoms with Gasteiger partial charge in [-0.2, -0.15) is 0 Å². The van der Waals surface area contributed by atoms with E-state index in [2.05, 4.69) is 5.32 Å². The topological polar surface area (TPSA) is 95.9 Å². The number of aliphatic carboxylic acids is 1. The number of carboxylic acids is 1. The Labute approximate surface area is 105 Å². The zero-order valence-electron chi connectivity index (χ0n) is 10.7. The van der Waals surface area contributed by atoms with Crippen molar-refractivity contribution in [2.24, 2.45) is 0 Å². The smallest absolute Gasteiger partial charge is 0.328 e. The van der Waals surface area contributed by atoms with Crippen LogP contribution in [0.2, 0.25) is 0 Å². The highest BCUT2D eigenvalue weighted by atomic mass is 16.5. The van der Waals surface area contributed by atoms with E-state index < -0.39 is 23.5 Å². The molecule has 0 aromatic carbocycles. The number of hydrogen-bond acceptors (Lipinski definition) is 4. The van der Waals surface area contributed by atoms with Crippen LogP contribution in [0.4, 0.5) is 0 Å². The molecule has 0 radical (unpaired) electrons. The van der Waals surface area contributed by atoms with Crippen LogP contribution < -0.4 is 5.32 Å². The monoisotopic (exact) mass is 258 g/mol. The first-order valence-electron chi connectivity index (χ1n) is 5.63. The fourth-order valence-electron chi connectivity index (χ4n) is 1.49. The van der Waals surface area contributed by atoms with Crippen LogP contribution in [0.3, 0.4) is 0 Å². The van der Waals surface area contributed by atoms with Crippen LogP contribution in [-0.2, 0) is 19.1 Å². The van der Waals surface area contributed by atoms with Gasteiger partial charge in [-0.05, 0) is 20.8 Å². The minimum Gasteiger partial charge on any atom is -0.480 e. The van der Waals surface area contributed by atoms with E-state index in [9.17, 15) is 14.4 Å². The van der Waals surface area contributed by atoms with E-state index in [1.54, 1.807) is 20.8 Å². The Bertz CT molecular complexity index is 361.